The zero-order chi connectivity index (χ0) is 16.2. The normalized spacial score (nSPS) is 35.5. The van der Waals surface area contributed by atoms with Crippen LogP contribution < -0.4 is 0 Å². The van der Waals surface area contributed by atoms with Crippen LogP contribution in [0.15, 0.2) is 18.5 Å². The molecule has 1 aromatic rings. The van der Waals surface area contributed by atoms with Gasteiger partial charge in [-0.15, -0.1) is 0 Å². The maximum Gasteiger partial charge on any atom is 0.247 e. The Morgan fingerprint density at radius 2 is 1.65 bits per heavy atom. The molecular weight excluding hydrogens is 290 g/mol. The largest absolute Gasteiger partial charge is 0.339 e. The zero-order valence-corrected chi connectivity index (χ0v) is 14.4. The van der Waals surface area contributed by atoms with Gasteiger partial charge in [-0.2, -0.15) is 5.10 Å². The third-order valence-electron chi connectivity index (χ3n) is 6.23. The fraction of sp³-hybridized carbons (Fsp3) is 0.765. The summed E-state index contributed by atoms with van der Waals surface area (Å²) in [5.41, 5.74) is 0.517. The molecule has 6 heteroatoms. The van der Waals surface area contributed by atoms with Crippen molar-refractivity contribution >= 4 is 5.91 Å². The van der Waals surface area contributed by atoms with Crippen molar-refractivity contribution < 1.29 is 4.79 Å². The predicted molar refractivity (Wildman–Crippen MR) is 88.0 cm³/mol. The number of amides is 1. The van der Waals surface area contributed by atoms with E-state index in [1.54, 1.807) is 6.20 Å². The summed E-state index contributed by atoms with van der Waals surface area (Å²) in [4.78, 5) is 20.2. The minimum Gasteiger partial charge on any atom is -0.339 e. The molecule has 0 aliphatic carbocycles. The third-order valence-corrected chi connectivity index (χ3v) is 6.23. The van der Waals surface area contributed by atoms with E-state index in [1.807, 2.05) is 16.9 Å². The van der Waals surface area contributed by atoms with Crippen molar-refractivity contribution in [3.8, 4) is 0 Å². The zero-order valence-electron chi connectivity index (χ0n) is 14.4. The van der Waals surface area contributed by atoms with Gasteiger partial charge in [0.25, 0.3) is 0 Å². The van der Waals surface area contributed by atoms with Crippen LogP contribution in [0, 0.1) is 10.8 Å². The van der Waals surface area contributed by atoms with Crippen molar-refractivity contribution in [2.75, 3.05) is 53.4 Å². The SMILES string of the molecule is CC[C@@H](C(=O)N1CC23CN(C)CC2(CN(C)C3)C1)n1cccn1. The van der Waals surface area contributed by atoms with Crippen LogP contribution in [0.4, 0.5) is 0 Å². The Bertz CT molecular complexity index is 560. The van der Waals surface area contributed by atoms with E-state index in [-0.39, 0.29) is 22.8 Å². The second-order valence-electron chi connectivity index (χ2n) is 8.01. The average molecular weight is 317 g/mol. The van der Waals surface area contributed by atoms with Crippen LogP contribution in [0.25, 0.3) is 0 Å². The van der Waals surface area contributed by atoms with E-state index in [4.69, 9.17) is 0 Å². The number of rotatable bonds is 3. The number of nitrogens with zero attached hydrogens (tertiary/aromatic N) is 5. The average Bonchev–Trinajstić information content (AvgIpc) is 3.15. The molecule has 6 nitrogen and oxygen atoms in total. The Kier molecular flexibility index (Phi) is 3.32. The molecule has 0 unspecified atom stereocenters. The second kappa shape index (κ2) is 5.05. The highest BCUT2D eigenvalue weighted by molar-refractivity contribution is 5.81. The van der Waals surface area contributed by atoms with Gasteiger partial charge in [0.15, 0.2) is 0 Å². The lowest BCUT2D eigenvalue weighted by molar-refractivity contribution is -0.135. The highest BCUT2D eigenvalue weighted by Crippen LogP contribution is 2.56. The highest BCUT2D eigenvalue weighted by atomic mass is 16.2. The molecule has 1 atom stereocenters. The molecule has 0 bridgehead atoms. The van der Waals surface area contributed by atoms with E-state index in [0.29, 0.717) is 0 Å². The van der Waals surface area contributed by atoms with E-state index in [1.165, 1.54) is 0 Å². The quantitative estimate of drug-likeness (QED) is 0.816. The van der Waals surface area contributed by atoms with E-state index in [2.05, 4.69) is 40.8 Å². The van der Waals surface area contributed by atoms with Gasteiger partial charge in [0.2, 0.25) is 5.91 Å². The van der Waals surface area contributed by atoms with Crippen LogP contribution in [-0.4, -0.2) is 83.8 Å². The molecule has 4 rings (SSSR count). The fourth-order valence-electron chi connectivity index (χ4n) is 5.58. The van der Waals surface area contributed by atoms with E-state index >= 15 is 0 Å². The Balaban J connectivity index is 1.58. The summed E-state index contributed by atoms with van der Waals surface area (Å²) in [7, 11) is 4.44. The third kappa shape index (κ3) is 2.08. The summed E-state index contributed by atoms with van der Waals surface area (Å²) in [5, 5.41) is 4.30. The fourth-order valence-corrected chi connectivity index (χ4v) is 5.58. The van der Waals surface area contributed by atoms with Crippen molar-refractivity contribution in [1.82, 2.24) is 24.5 Å². The Hall–Kier alpha value is -1.40. The number of carbonyl (C=O) groups is 1. The summed E-state index contributed by atoms with van der Waals surface area (Å²) < 4.78 is 1.82. The van der Waals surface area contributed by atoms with Crippen LogP contribution >= 0.6 is 0 Å². The summed E-state index contributed by atoms with van der Waals surface area (Å²) in [6.45, 7) is 8.31. The van der Waals surface area contributed by atoms with Gasteiger partial charge < -0.3 is 14.7 Å². The first-order valence-corrected chi connectivity index (χ1v) is 8.64. The molecule has 23 heavy (non-hydrogen) atoms. The second-order valence-corrected chi connectivity index (χ2v) is 8.01. The van der Waals surface area contributed by atoms with Gasteiger partial charge in [-0.3, -0.25) is 9.48 Å². The van der Waals surface area contributed by atoms with Crippen LogP contribution in [0.5, 0.6) is 0 Å². The monoisotopic (exact) mass is 317 g/mol. The first-order chi connectivity index (χ1) is 11.0. The number of hydrogen-bond acceptors (Lipinski definition) is 4. The molecule has 0 saturated carbocycles. The van der Waals surface area contributed by atoms with Gasteiger partial charge in [-0.1, -0.05) is 6.92 Å². The van der Waals surface area contributed by atoms with Crippen LogP contribution in [0.3, 0.4) is 0 Å². The minimum absolute atomic E-state index is 0.159. The van der Waals surface area contributed by atoms with Gasteiger partial charge in [-0.25, -0.2) is 0 Å². The lowest BCUT2D eigenvalue weighted by Gasteiger charge is -2.30. The molecule has 0 aromatic carbocycles. The van der Waals surface area contributed by atoms with Gasteiger partial charge in [0.05, 0.1) is 0 Å². The van der Waals surface area contributed by atoms with Gasteiger partial charge in [0.1, 0.15) is 6.04 Å². The topological polar surface area (TPSA) is 44.6 Å². The Morgan fingerprint density at radius 1 is 1.09 bits per heavy atom. The number of carbonyl (C=O) groups excluding carboxylic acids is 1. The molecule has 0 spiro atoms. The molecule has 126 valence electrons. The summed E-state index contributed by atoms with van der Waals surface area (Å²) in [6, 6.07) is 1.73. The maximum atomic E-state index is 13.1. The molecular formula is C17H27N5O. The van der Waals surface area contributed by atoms with Crippen molar-refractivity contribution in [3.05, 3.63) is 18.5 Å². The van der Waals surface area contributed by atoms with Crippen molar-refractivity contribution in [2.24, 2.45) is 10.8 Å². The Labute approximate surface area is 138 Å². The van der Waals surface area contributed by atoms with Crippen LogP contribution in [0.1, 0.15) is 19.4 Å². The number of hydrogen-bond donors (Lipinski definition) is 0. The molecule has 3 saturated heterocycles. The van der Waals surface area contributed by atoms with Gasteiger partial charge >= 0.3 is 0 Å². The maximum absolute atomic E-state index is 13.1. The molecule has 3 fully saturated rings. The van der Waals surface area contributed by atoms with Crippen LogP contribution in [0.2, 0.25) is 0 Å². The van der Waals surface area contributed by atoms with E-state index in [9.17, 15) is 4.79 Å². The van der Waals surface area contributed by atoms with Crippen molar-refractivity contribution in [2.45, 2.75) is 19.4 Å². The van der Waals surface area contributed by atoms with Crippen LogP contribution in [-0.2, 0) is 4.79 Å². The van der Waals surface area contributed by atoms with Gasteiger partial charge in [0, 0.05) is 62.5 Å². The lowest BCUT2D eigenvalue weighted by Crippen LogP contribution is -2.43. The Morgan fingerprint density at radius 3 is 2.09 bits per heavy atom. The first-order valence-electron chi connectivity index (χ1n) is 8.64. The standard InChI is InChI=1S/C17H27N5O/c1-4-14(22-7-5-6-18-22)15(23)21-12-16-8-19(2)9-17(16,13-21)11-20(3)10-16/h5-7,14H,4,8-13H2,1-3H3/t14-,16?,17?/m0/s1. The summed E-state index contributed by atoms with van der Waals surface area (Å²) >= 11 is 0. The summed E-state index contributed by atoms with van der Waals surface area (Å²) in [5.74, 6) is 0.247. The predicted octanol–water partition coefficient (Wildman–Crippen LogP) is 0.540. The van der Waals surface area contributed by atoms with Gasteiger partial charge in [-0.05, 0) is 26.6 Å². The molecule has 3 aliphatic rings. The molecule has 3 aliphatic heterocycles. The molecule has 1 amide bonds. The highest BCUT2D eigenvalue weighted by Gasteiger charge is 2.66. The molecule has 0 radical (unpaired) electrons. The molecule has 0 N–H and O–H groups in total. The van der Waals surface area contributed by atoms with E-state index in [0.717, 1.165) is 45.7 Å². The molecule has 4 heterocycles. The smallest absolute Gasteiger partial charge is 0.247 e. The van der Waals surface area contributed by atoms with Crippen molar-refractivity contribution in [3.63, 3.8) is 0 Å². The summed E-state index contributed by atoms with van der Waals surface area (Å²) in [6.07, 6.45) is 4.45. The number of aromatic nitrogens is 2. The minimum atomic E-state index is -0.159. The lowest BCUT2D eigenvalue weighted by atomic mass is 9.71. The molecule has 1 aromatic heterocycles. The first kappa shape index (κ1) is 15.1. The number of likely N-dealkylation sites (tertiary alicyclic amines) is 3. The van der Waals surface area contributed by atoms with Crippen molar-refractivity contribution in [1.29, 1.82) is 0 Å². The van der Waals surface area contributed by atoms with E-state index < -0.39 is 0 Å².